The van der Waals surface area contributed by atoms with Gasteiger partial charge in [-0.05, 0) is 25.1 Å². The van der Waals surface area contributed by atoms with Gasteiger partial charge in [0.05, 0.1) is 12.3 Å². The van der Waals surface area contributed by atoms with Crippen molar-refractivity contribution >= 4 is 17.7 Å². The van der Waals surface area contributed by atoms with Crippen LogP contribution in [0.15, 0.2) is 16.5 Å². The number of hydrogen-bond acceptors (Lipinski definition) is 4. The fourth-order valence-electron chi connectivity index (χ4n) is 1.43. The van der Waals surface area contributed by atoms with Crippen LogP contribution in [0.1, 0.15) is 24.9 Å². The molecular formula is C12H18F2N2O2S. The second-order valence-corrected chi connectivity index (χ2v) is 4.93. The molecule has 0 aliphatic heterocycles. The first-order valence-electron chi connectivity index (χ1n) is 6.00. The molecule has 7 heteroatoms. The lowest BCUT2D eigenvalue weighted by atomic mass is 10.4. The summed E-state index contributed by atoms with van der Waals surface area (Å²) < 4.78 is 29.4. The molecule has 0 atom stereocenters. The molecule has 108 valence electrons. The zero-order valence-corrected chi connectivity index (χ0v) is 11.6. The molecule has 1 amide bonds. The highest BCUT2D eigenvalue weighted by Gasteiger charge is 2.07. The van der Waals surface area contributed by atoms with Crippen molar-refractivity contribution in [3.63, 3.8) is 0 Å². The van der Waals surface area contributed by atoms with Gasteiger partial charge >= 0.3 is 0 Å². The largest absolute Gasteiger partial charge is 0.464 e. The minimum absolute atomic E-state index is 0.0350. The number of halogens is 2. The average molecular weight is 292 g/mol. The van der Waals surface area contributed by atoms with Crippen molar-refractivity contribution in [2.24, 2.45) is 0 Å². The second kappa shape index (κ2) is 8.92. The molecule has 0 aromatic carbocycles. The molecule has 1 rings (SSSR count). The summed E-state index contributed by atoms with van der Waals surface area (Å²) in [7, 11) is 0. The van der Waals surface area contributed by atoms with Gasteiger partial charge in [0.15, 0.2) is 0 Å². The minimum Gasteiger partial charge on any atom is -0.464 e. The van der Waals surface area contributed by atoms with Crippen molar-refractivity contribution < 1.29 is 18.0 Å². The number of alkyl halides is 2. The summed E-state index contributed by atoms with van der Waals surface area (Å²) >= 11 is 0.548. The van der Waals surface area contributed by atoms with Gasteiger partial charge in [-0.1, -0.05) is 11.8 Å². The Labute approximate surface area is 115 Å². The van der Waals surface area contributed by atoms with E-state index in [1.165, 1.54) is 6.92 Å². The fraction of sp³-hybridized carbons (Fsp3) is 0.583. The van der Waals surface area contributed by atoms with Crippen LogP contribution in [0.2, 0.25) is 0 Å². The van der Waals surface area contributed by atoms with Crippen LogP contribution in [-0.4, -0.2) is 24.8 Å². The van der Waals surface area contributed by atoms with Crippen molar-refractivity contribution in [3.05, 3.63) is 23.7 Å². The smallest absolute Gasteiger partial charge is 0.284 e. The van der Waals surface area contributed by atoms with Crippen molar-refractivity contribution in [1.82, 2.24) is 10.6 Å². The predicted molar refractivity (Wildman–Crippen MR) is 71.0 cm³/mol. The first kappa shape index (κ1) is 16.0. The van der Waals surface area contributed by atoms with Crippen LogP contribution in [0.5, 0.6) is 0 Å². The van der Waals surface area contributed by atoms with E-state index in [1.54, 1.807) is 12.1 Å². The highest BCUT2D eigenvalue weighted by Crippen LogP contribution is 2.21. The van der Waals surface area contributed by atoms with Crippen molar-refractivity contribution in [2.75, 3.05) is 13.1 Å². The maximum atomic E-state index is 12.0. The van der Waals surface area contributed by atoms with Crippen LogP contribution in [0.25, 0.3) is 0 Å². The maximum absolute atomic E-state index is 12.0. The SMILES string of the molecule is CC(=O)NCCCNCc1ccc(CSC(F)F)o1. The Morgan fingerprint density at radius 3 is 2.79 bits per heavy atom. The average Bonchev–Trinajstić information content (AvgIpc) is 2.78. The van der Waals surface area contributed by atoms with Crippen LogP contribution in [-0.2, 0) is 17.1 Å². The summed E-state index contributed by atoms with van der Waals surface area (Å²) in [6.45, 7) is 3.42. The molecule has 1 heterocycles. The van der Waals surface area contributed by atoms with E-state index in [9.17, 15) is 13.6 Å². The molecule has 19 heavy (non-hydrogen) atoms. The third kappa shape index (κ3) is 7.84. The quantitative estimate of drug-likeness (QED) is 0.686. The van der Waals surface area contributed by atoms with Crippen LogP contribution in [0.3, 0.4) is 0 Å². The zero-order valence-electron chi connectivity index (χ0n) is 10.7. The van der Waals surface area contributed by atoms with E-state index < -0.39 is 5.76 Å². The number of carbonyl (C=O) groups is 1. The van der Waals surface area contributed by atoms with Crippen LogP contribution in [0.4, 0.5) is 8.78 Å². The molecular weight excluding hydrogens is 274 g/mol. The van der Waals surface area contributed by atoms with Gasteiger partial charge in [-0.3, -0.25) is 4.79 Å². The van der Waals surface area contributed by atoms with Crippen LogP contribution >= 0.6 is 11.8 Å². The molecule has 0 aliphatic rings. The normalized spacial score (nSPS) is 10.9. The predicted octanol–water partition coefficient (Wildman–Crippen LogP) is 2.35. The molecule has 0 aliphatic carbocycles. The number of amides is 1. The number of thioether (sulfide) groups is 1. The minimum atomic E-state index is -2.37. The van der Waals surface area contributed by atoms with Gasteiger partial charge in [0, 0.05) is 13.5 Å². The molecule has 1 aromatic heterocycles. The van der Waals surface area contributed by atoms with E-state index in [0.717, 1.165) is 18.7 Å². The number of nitrogens with one attached hydrogen (secondary N) is 2. The lowest BCUT2D eigenvalue weighted by Crippen LogP contribution is -2.24. The lowest BCUT2D eigenvalue weighted by molar-refractivity contribution is -0.118. The number of furan rings is 1. The third-order valence-electron chi connectivity index (χ3n) is 2.27. The molecule has 0 spiro atoms. The van der Waals surface area contributed by atoms with Crippen molar-refractivity contribution in [2.45, 2.75) is 31.4 Å². The summed E-state index contributed by atoms with van der Waals surface area (Å²) in [6, 6.07) is 3.49. The Morgan fingerprint density at radius 1 is 1.37 bits per heavy atom. The summed E-state index contributed by atoms with van der Waals surface area (Å²) in [5, 5.41) is 5.85. The van der Waals surface area contributed by atoms with E-state index in [-0.39, 0.29) is 11.7 Å². The zero-order chi connectivity index (χ0) is 14.1. The van der Waals surface area contributed by atoms with Gasteiger partial charge in [-0.2, -0.15) is 8.78 Å². The second-order valence-electron chi connectivity index (χ2n) is 3.95. The van der Waals surface area contributed by atoms with Crippen LogP contribution in [0, 0.1) is 0 Å². The molecule has 4 nitrogen and oxygen atoms in total. The molecule has 0 saturated carbocycles. The first-order valence-corrected chi connectivity index (χ1v) is 7.05. The van der Waals surface area contributed by atoms with Crippen molar-refractivity contribution in [3.8, 4) is 0 Å². The summed E-state index contributed by atoms with van der Waals surface area (Å²) in [6.07, 6.45) is 0.828. The van der Waals surface area contributed by atoms with E-state index in [1.807, 2.05) is 0 Å². The molecule has 0 bridgehead atoms. The maximum Gasteiger partial charge on any atom is 0.284 e. The topological polar surface area (TPSA) is 54.3 Å². The summed E-state index contributed by atoms with van der Waals surface area (Å²) in [5.74, 6) is -0.947. The lowest BCUT2D eigenvalue weighted by Gasteiger charge is -2.03. The highest BCUT2D eigenvalue weighted by atomic mass is 32.2. The van der Waals surface area contributed by atoms with E-state index in [4.69, 9.17) is 4.42 Å². The van der Waals surface area contributed by atoms with E-state index >= 15 is 0 Å². The summed E-state index contributed by atoms with van der Waals surface area (Å²) in [5.41, 5.74) is 0. The van der Waals surface area contributed by atoms with Gasteiger partial charge in [0.2, 0.25) is 5.91 Å². The number of carbonyl (C=O) groups excluding carboxylic acids is 1. The Morgan fingerprint density at radius 2 is 2.11 bits per heavy atom. The Kier molecular flexibility index (Phi) is 7.50. The molecule has 2 N–H and O–H groups in total. The number of hydrogen-bond donors (Lipinski definition) is 2. The van der Waals surface area contributed by atoms with Gasteiger partial charge in [0.1, 0.15) is 11.5 Å². The van der Waals surface area contributed by atoms with E-state index in [2.05, 4.69) is 10.6 Å². The van der Waals surface area contributed by atoms with Gasteiger partial charge < -0.3 is 15.1 Å². The molecule has 0 radical (unpaired) electrons. The van der Waals surface area contributed by atoms with E-state index in [0.29, 0.717) is 30.6 Å². The Bertz CT molecular complexity index is 386. The highest BCUT2D eigenvalue weighted by molar-refractivity contribution is 7.98. The fourth-order valence-corrected chi connectivity index (χ4v) is 1.87. The Hall–Kier alpha value is -1.08. The standard InChI is InChI=1S/C12H18F2N2O2S/c1-9(17)16-6-2-5-15-7-10-3-4-11(18-10)8-19-12(13)14/h3-4,12,15H,2,5-8H2,1H3,(H,16,17). The van der Waals surface area contributed by atoms with Gasteiger partial charge in [-0.25, -0.2) is 0 Å². The number of rotatable bonds is 9. The molecule has 0 unspecified atom stereocenters. The molecule has 1 aromatic rings. The van der Waals surface area contributed by atoms with Crippen LogP contribution < -0.4 is 10.6 Å². The first-order chi connectivity index (χ1) is 9.08. The van der Waals surface area contributed by atoms with Gasteiger partial charge in [-0.15, -0.1) is 0 Å². The monoisotopic (exact) mass is 292 g/mol. The third-order valence-corrected chi connectivity index (χ3v) is 2.98. The van der Waals surface area contributed by atoms with Crippen molar-refractivity contribution in [1.29, 1.82) is 0 Å². The molecule has 0 saturated heterocycles. The Balaban J connectivity index is 2.11. The molecule has 0 fully saturated rings. The van der Waals surface area contributed by atoms with Gasteiger partial charge in [0.25, 0.3) is 5.76 Å². The summed E-state index contributed by atoms with van der Waals surface area (Å²) in [4.78, 5) is 10.6.